The minimum absolute atomic E-state index is 0.168. The van der Waals surface area contributed by atoms with Crippen molar-refractivity contribution in [1.29, 1.82) is 0 Å². The third kappa shape index (κ3) is 3.76. The average molecular weight is 338 g/mol. The Kier molecular flexibility index (Phi) is 4.39. The van der Waals surface area contributed by atoms with Crippen LogP contribution >= 0.6 is 0 Å². The summed E-state index contributed by atoms with van der Waals surface area (Å²) in [6, 6.07) is 6.95. The first-order chi connectivity index (χ1) is 11.8. The van der Waals surface area contributed by atoms with Gasteiger partial charge in [0.25, 0.3) is 5.91 Å². The maximum absolute atomic E-state index is 12.8. The molecule has 7 heteroatoms. The van der Waals surface area contributed by atoms with E-state index in [-0.39, 0.29) is 17.4 Å². The molecule has 1 atom stereocenters. The van der Waals surface area contributed by atoms with Crippen molar-refractivity contribution in [3.8, 4) is 5.82 Å². The highest BCUT2D eigenvalue weighted by molar-refractivity contribution is 5.92. The molecule has 0 spiro atoms. The zero-order valence-electron chi connectivity index (χ0n) is 14.8. The fourth-order valence-electron chi connectivity index (χ4n) is 2.68. The molecule has 1 amide bonds. The molecule has 0 saturated heterocycles. The third-order valence-electron chi connectivity index (χ3n) is 3.91. The van der Waals surface area contributed by atoms with E-state index < -0.39 is 0 Å². The van der Waals surface area contributed by atoms with Gasteiger partial charge in [-0.1, -0.05) is 26.8 Å². The van der Waals surface area contributed by atoms with E-state index >= 15 is 0 Å². The maximum atomic E-state index is 12.8. The number of pyridine rings is 1. The lowest BCUT2D eigenvalue weighted by atomic mass is 9.83. The molecule has 3 heterocycles. The normalized spacial score (nSPS) is 12.8. The van der Waals surface area contributed by atoms with Gasteiger partial charge in [-0.15, -0.1) is 0 Å². The van der Waals surface area contributed by atoms with Gasteiger partial charge in [0.15, 0.2) is 5.82 Å². The van der Waals surface area contributed by atoms with Crippen LogP contribution in [0.2, 0.25) is 0 Å². The number of hydrogen-bond acceptors (Lipinski definition) is 4. The first-order valence-corrected chi connectivity index (χ1v) is 8.11. The van der Waals surface area contributed by atoms with Crippen molar-refractivity contribution in [2.75, 3.05) is 0 Å². The Balaban J connectivity index is 1.86. The molecule has 0 fully saturated rings. The number of aryl methyl sites for hydroxylation is 1. The van der Waals surface area contributed by atoms with Crippen molar-refractivity contribution in [2.45, 2.75) is 26.8 Å². The molecule has 7 nitrogen and oxygen atoms in total. The molecular weight excluding hydrogens is 316 g/mol. The molecule has 0 bridgehead atoms. The van der Waals surface area contributed by atoms with Crippen molar-refractivity contribution < 1.29 is 4.79 Å². The van der Waals surface area contributed by atoms with Crippen LogP contribution in [-0.4, -0.2) is 30.5 Å². The maximum Gasteiger partial charge on any atom is 0.270 e. The molecule has 3 aromatic heterocycles. The number of rotatable bonds is 4. The van der Waals surface area contributed by atoms with Crippen LogP contribution in [0.3, 0.4) is 0 Å². The highest BCUT2D eigenvalue weighted by atomic mass is 16.2. The minimum Gasteiger partial charge on any atom is -0.343 e. The number of carbonyl (C=O) groups excluding carboxylic acids is 1. The summed E-state index contributed by atoms with van der Waals surface area (Å²) >= 11 is 0. The van der Waals surface area contributed by atoms with Crippen molar-refractivity contribution in [1.82, 2.24) is 29.9 Å². The van der Waals surface area contributed by atoms with Crippen LogP contribution in [0.25, 0.3) is 5.82 Å². The molecule has 1 N–H and O–H groups in total. The summed E-state index contributed by atoms with van der Waals surface area (Å²) in [7, 11) is 1.86. The lowest BCUT2D eigenvalue weighted by Gasteiger charge is -2.30. The van der Waals surface area contributed by atoms with Gasteiger partial charge in [-0.2, -0.15) is 10.2 Å². The van der Waals surface area contributed by atoms with Gasteiger partial charge in [0.05, 0.1) is 12.2 Å². The molecule has 130 valence electrons. The third-order valence-corrected chi connectivity index (χ3v) is 3.91. The van der Waals surface area contributed by atoms with Crippen LogP contribution in [-0.2, 0) is 7.05 Å². The van der Waals surface area contributed by atoms with E-state index in [4.69, 9.17) is 0 Å². The topological polar surface area (TPSA) is 77.6 Å². The van der Waals surface area contributed by atoms with E-state index in [9.17, 15) is 4.79 Å². The average Bonchev–Trinajstić information content (AvgIpc) is 3.23. The Morgan fingerprint density at radius 3 is 2.60 bits per heavy atom. The van der Waals surface area contributed by atoms with E-state index in [1.807, 2.05) is 25.4 Å². The van der Waals surface area contributed by atoms with Gasteiger partial charge < -0.3 is 5.32 Å². The Bertz CT molecular complexity index is 860. The van der Waals surface area contributed by atoms with Crippen LogP contribution in [0.4, 0.5) is 0 Å². The summed E-state index contributed by atoms with van der Waals surface area (Å²) in [4.78, 5) is 17.2. The first-order valence-electron chi connectivity index (χ1n) is 8.11. The second-order valence-electron chi connectivity index (χ2n) is 7.05. The Hall–Kier alpha value is -2.96. The van der Waals surface area contributed by atoms with Crippen LogP contribution in [0.15, 0.2) is 49.1 Å². The highest BCUT2D eigenvalue weighted by Gasteiger charge is 2.29. The van der Waals surface area contributed by atoms with Gasteiger partial charge in [0, 0.05) is 31.2 Å². The van der Waals surface area contributed by atoms with E-state index in [0.29, 0.717) is 11.5 Å². The quantitative estimate of drug-likeness (QED) is 0.793. The van der Waals surface area contributed by atoms with Crippen molar-refractivity contribution in [3.63, 3.8) is 0 Å². The van der Waals surface area contributed by atoms with Gasteiger partial charge in [-0.05, 0) is 23.6 Å². The molecule has 0 radical (unpaired) electrons. The number of nitrogens with zero attached hydrogens (tertiary/aromatic N) is 5. The zero-order chi connectivity index (χ0) is 18.0. The number of carbonyl (C=O) groups is 1. The second kappa shape index (κ2) is 6.51. The summed E-state index contributed by atoms with van der Waals surface area (Å²) in [5.41, 5.74) is 1.15. The van der Waals surface area contributed by atoms with Gasteiger partial charge in [-0.25, -0.2) is 9.67 Å². The summed E-state index contributed by atoms with van der Waals surface area (Å²) < 4.78 is 3.36. The Morgan fingerprint density at radius 2 is 2.00 bits per heavy atom. The summed E-state index contributed by atoms with van der Waals surface area (Å²) in [5.74, 6) is 0.379. The zero-order valence-corrected chi connectivity index (χ0v) is 14.8. The molecule has 3 aromatic rings. The highest BCUT2D eigenvalue weighted by Crippen LogP contribution is 2.32. The van der Waals surface area contributed by atoms with E-state index in [2.05, 4.69) is 41.3 Å². The van der Waals surface area contributed by atoms with Crippen LogP contribution in [0, 0.1) is 5.41 Å². The Labute approximate surface area is 146 Å². The largest absolute Gasteiger partial charge is 0.343 e. The van der Waals surface area contributed by atoms with Gasteiger partial charge in [0.2, 0.25) is 0 Å². The fourth-order valence-corrected chi connectivity index (χ4v) is 2.68. The second-order valence-corrected chi connectivity index (χ2v) is 7.05. The van der Waals surface area contributed by atoms with E-state index in [0.717, 1.165) is 5.56 Å². The molecule has 25 heavy (non-hydrogen) atoms. The van der Waals surface area contributed by atoms with Crippen molar-refractivity contribution in [2.24, 2.45) is 12.5 Å². The SMILES string of the molecule is Cn1cc([C@H](NC(=O)c2cccc(-n3cccn3)n2)C(C)(C)C)cn1. The summed E-state index contributed by atoms with van der Waals surface area (Å²) in [5, 5.41) is 11.5. The molecule has 0 aliphatic heterocycles. The van der Waals surface area contributed by atoms with Crippen molar-refractivity contribution >= 4 is 5.91 Å². The molecular formula is C18H22N6O. The number of nitrogens with one attached hydrogen (secondary N) is 1. The van der Waals surface area contributed by atoms with Gasteiger partial charge in [-0.3, -0.25) is 9.48 Å². The molecule has 0 unspecified atom stereocenters. The molecule has 0 aliphatic carbocycles. The lowest BCUT2D eigenvalue weighted by Crippen LogP contribution is -2.37. The smallest absolute Gasteiger partial charge is 0.270 e. The van der Waals surface area contributed by atoms with Crippen LogP contribution < -0.4 is 5.32 Å². The van der Waals surface area contributed by atoms with E-state index in [1.54, 1.807) is 40.1 Å². The van der Waals surface area contributed by atoms with Crippen LogP contribution in [0.1, 0.15) is 42.9 Å². The predicted molar refractivity (Wildman–Crippen MR) is 94.2 cm³/mol. The molecule has 0 aliphatic rings. The molecule has 0 saturated carbocycles. The summed E-state index contributed by atoms with van der Waals surface area (Å²) in [6.07, 6.45) is 7.16. The number of amides is 1. The standard InChI is InChI=1S/C18H22N6O/c1-18(2,3)16(13-11-20-23(4)12-13)22-17(25)14-7-5-8-15(21-14)24-10-6-9-19-24/h5-12,16H,1-4H3,(H,22,25)/t16-/m0/s1. The minimum atomic E-state index is -0.224. The lowest BCUT2D eigenvalue weighted by molar-refractivity contribution is 0.0896. The predicted octanol–water partition coefficient (Wildman–Crippen LogP) is 2.52. The van der Waals surface area contributed by atoms with Crippen LogP contribution in [0.5, 0.6) is 0 Å². The van der Waals surface area contributed by atoms with Gasteiger partial charge in [0.1, 0.15) is 5.69 Å². The monoisotopic (exact) mass is 338 g/mol. The molecule has 0 aromatic carbocycles. The Morgan fingerprint density at radius 1 is 1.20 bits per heavy atom. The number of aromatic nitrogens is 5. The molecule has 3 rings (SSSR count). The van der Waals surface area contributed by atoms with E-state index in [1.165, 1.54) is 0 Å². The number of hydrogen-bond donors (Lipinski definition) is 1. The van der Waals surface area contributed by atoms with Gasteiger partial charge >= 0.3 is 0 Å². The summed E-state index contributed by atoms with van der Waals surface area (Å²) in [6.45, 7) is 6.25. The van der Waals surface area contributed by atoms with Crippen molar-refractivity contribution in [3.05, 3.63) is 60.3 Å². The first kappa shape index (κ1) is 16.9. The fraction of sp³-hybridized carbons (Fsp3) is 0.333.